The number of hydrogen-bond acceptors (Lipinski definition) is 4. The highest BCUT2D eigenvalue weighted by atomic mass is 32.2. The summed E-state index contributed by atoms with van der Waals surface area (Å²) in [5.41, 5.74) is 3.16. The first kappa shape index (κ1) is 16.7. The summed E-state index contributed by atoms with van der Waals surface area (Å²) in [6.45, 7) is 3.96. The molecule has 0 radical (unpaired) electrons. The Hall–Kier alpha value is -2.11. The normalized spacial score (nSPS) is 11.9. The van der Waals surface area contributed by atoms with Gasteiger partial charge in [0, 0.05) is 15.8 Å². The van der Waals surface area contributed by atoms with Crippen molar-refractivity contribution in [3.05, 3.63) is 65.5 Å². The fourth-order valence-electron chi connectivity index (χ4n) is 2.15. The maximum Gasteiger partial charge on any atom is 0.239 e. The van der Waals surface area contributed by atoms with Gasteiger partial charge in [-0.05, 0) is 26.0 Å². The smallest absolute Gasteiger partial charge is 0.239 e. The number of hydrogen-bond donors (Lipinski definition) is 1. The van der Waals surface area contributed by atoms with Crippen LogP contribution in [-0.2, 0) is 4.79 Å². The first-order chi connectivity index (χ1) is 11.6. The lowest BCUT2D eigenvalue weighted by Gasteiger charge is -2.10. The van der Waals surface area contributed by atoms with E-state index in [9.17, 15) is 4.79 Å². The number of carbonyl (C=O) groups is 1. The van der Waals surface area contributed by atoms with Gasteiger partial charge in [0.05, 0.1) is 10.9 Å². The average Bonchev–Trinajstić information content (AvgIpc) is 3.05. The quantitative estimate of drug-likeness (QED) is 0.637. The second-order valence-corrected chi connectivity index (χ2v) is 7.74. The monoisotopic (exact) mass is 354 g/mol. The van der Waals surface area contributed by atoms with Crippen molar-refractivity contribution in [1.82, 2.24) is 4.98 Å². The molecular weight excluding hydrogens is 336 g/mol. The van der Waals surface area contributed by atoms with E-state index in [1.54, 1.807) is 11.8 Å². The number of nitrogens with one attached hydrogen (secondary N) is 1. The van der Waals surface area contributed by atoms with Crippen LogP contribution in [0.2, 0.25) is 0 Å². The molecule has 1 N–H and O–H groups in total. The Morgan fingerprint density at radius 2 is 1.83 bits per heavy atom. The molecule has 0 bridgehead atoms. The molecule has 1 heterocycles. The van der Waals surface area contributed by atoms with E-state index in [4.69, 9.17) is 0 Å². The Balaban J connectivity index is 1.63. The highest BCUT2D eigenvalue weighted by molar-refractivity contribution is 8.00. The summed E-state index contributed by atoms with van der Waals surface area (Å²) in [7, 11) is 0. The lowest BCUT2D eigenvalue weighted by Crippen LogP contribution is -2.22. The van der Waals surface area contributed by atoms with Gasteiger partial charge in [0.1, 0.15) is 0 Å². The zero-order valence-corrected chi connectivity index (χ0v) is 15.2. The molecule has 3 aromatic rings. The molecule has 3 rings (SSSR count). The molecule has 0 saturated heterocycles. The summed E-state index contributed by atoms with van der Waals surface area (Å²) in [5.74, 6) is -0.0336. The topological polar surface area (TPSA) is 42.0 Å². The molecule has 5 heteroatoms. The third kappa shape index (κ3) is 4.24. The van der Waals surface area contributed by atoms with Crippen LogP contribution in [0.25, 0.3) is 11.3 Å². The molecule has 0 aliphatic heterocycles. The number of aryl methyl sites for hydroxylation is 1. The van der Waals surface area contributed by atoms with E-state index < -0.39 is 0 Å². The molecule has 0 fully saturated rings. The SMILES string of the molecule is Cc1ccc(-c2csc(NC(=O)C(C)Sc3ccccc3)n2)cc1. The molecule has 1 amide bonds. The molecule has 122 valence electrons. The summed E-state index contributed by atoms with van der Waals surface area (Å²) in [4.78, 5) is 17.9. The van der Waals surface area contributed by atoms with Gasteiger partial charge in [-0.2, -0.15) is 0 Å². The number of rotatable bonds is 5. The van der Waals surface area contributed by atoms with Crippen LogP contribution in [0.4, 0.5) is 5.13 Å². The van der Waals surface area contributed by atoms with Crippen molar-refractivity contribution >= 4 is 34.1 Å². The summed E-state index contributed by atoms with van der Waals surface area (Å²) in [6.07, 6.45) is 0. The highest BCUT2D eigenvalue weighted by Gasteiger charge is 2.16. The van der Waals surface area contributed by atoms with E-state index in [1.165, 1.54) is 16.9 Å². The Kier molecular flexibility index (Phi) is 5.33. The maximum atomic E-state index is 12.3. The van der Waals surface area contributed by atoms with Crippen molar-refractivity contribution in [2.45, 2.75) is 24.0 Å². The van der Waals surface area contributed by atoms with Crippen LogP contribution in [0.1, 0.15) is 12.5 Å². The lowest BCUT2D eigenvalue weighted by atomic mass is 10.1. The predicted molar refractivity (Wildman–Crippen MR) is 103 cm³/mol. The molecule has 0 aliphatic carbocycles. The highest BCUT2D eigenvalue weighted by Crippen LogP contribution is 2.27. The van der Waals surface area contributed by atoms with E-state index in [-0.39, 0.29) is 11.2 Å². The van der Waals surface area contributed by atoms with Gasteiger partial charge in [-0.3, -0.25) is 4.79 Å². The van der Waals surface area contributed by atoms with Crippen LogP contribution in [0, 0.1) is 6.92 Å². The van der Waals surface area contributed by atoms with E-state index in [0.717, 1.165) is 16.2 Å². The third-order valence-corrected chi connectivity index (χ3v) is 5.38. The molecular formula is C19H18N2OS2. The lowest BCUT2D eigenvalue weighted by molar-refractivity contribution is -0.115. The Morgan fingerprint density at radius 3 is 2.54 bits per heavy atom. The van der Waals surface area contributed by atoms with Gasteiger partial charge in [0.25, 0.3) is 0 Å². The van der Waals surface area contributed by atoms with Crippen LogP contribution in [0.5, 0.6) is 0 Å². The van der Waals surface area contributed by atoms with Gasteiger partial charge in [-0.1, -0.05) is 48.0 Å². The average molecular weight is 355 g/mol. The minimum atomic E-state index is -0.181. The molecule has 0 aliphatic rings. The number of anilines is 1. The number of benzene rings is 2. The van der Waals surface area contributed by atoms with Gasteiger partial charge in [0.2, 0.25) is 5.91 Å². The molecule has 1 atom stereocenters. The van der Waals surface area contributed by atoms with Gasteiger partial charge in [-0.15, -0.1) is 23.1 Å². The minimum Gasteiger partial charge on any atom is -0.301 e. The fourth-order valence-corrected chi connectivity index (χ4v) is 3.76. The van der Waals surface area contributed by atoms with Crippen LogP contribution in [0.15, 0.2) is 64.9 Å². The number of aromatic nitrogens is 1. The molecule has 1 aromatic heterocycles. The molecule has 3 nitrogen and oxygen atoms in total. The second-order valence-electron chi connectivity index (χ2n) is 5.47. The van der Waals surface area contributed by atoms with E-state index in [2.05, 4.69) is 29.4 Å². The van der Waals surface area contributed by atoms with Gasteiger partial charge >= 0.3 is 0 Å². The first-order valence-electron chi connectivity index (χ1n) is 7.67. The number of nitrogens with zero attached hydrogens (tertiary/aromatic N) is 1. The third-order valence-electron chi connectivity index (χ3n) is 3.51. The Morgan fingerprint density at radius 1 is 1.12 bits per heavy atom. The van der Waals surface area contributed by atoms with E-state index in [0.29, 0.717) is 5.13 Å². The summed E-state index contributed by atoms with van der Waals surface area (Å²) in [5, 5.41) is 5.33. The van der Waals surface area contributed by atoms with Crippen LogP contribution < -0.4 is 5.32 Å². The summed E-state index contributed by atoms with van der Waals surface area (Å²) in [6, 6.07) is 18.1. The van der Waals surface area contributed by atoms with E-state index in [1.807, 2.05) is 54.8 Å². The standard InChI is InChI=1S/C19H18N2OS2/c1-13-8-10-15(11-9-13)17-12-23-19(20-17)21-18(22)14(2)24-16-6-4-3-5-7-16/h3-12,14H,1-2H3,(H,20,21,22). The number of amides is 1. The zero-order valence-electron chi connectivity index (χ0n) is 13.5. The second kappa shape index (κ2) is 7.64. The number of thioether (sulfide) groups is 1. The van der Waals surface area contributed by atoms with Crippen molar-refractivity contribution in [3.63, 3.8) is 0 Å². The number of carbonyl (C=O) groups excluding carboxylic acids is 1. The molecule has 0 saturated carbocycles. The van der Waals surface area contributed by atoms with Crippen molar-refractivity contribution in [1.29, 1.82) is 0 Å². The molecule has 1 unspecified atom stereocenters. The fraction of sp³-hybridized carbons (Fsp3) is 0.158. The number of thiazole rings is 1. The predicted octanol–water partition coefficient (Wildman–Crippen LogP) is 5.24. The molecule has 24 heavy (non-hydrogen) atoms. The van der Waals surface area contributed by atoms with Gasteiger partial charge < -0.3 is 5.32 Å². The van der Waals surface area contributed by atoms with Crippen molar-refractivity contribution < 1.29 is 4.79 Å². The zero-order chi connectivity index (χ0) is 16.9. The van der Waals surface area contributed by atoms with Crippen molar-refractivity contribution in [2.24, 2.45) is 0 Å². The largest absolute Gasteiger partial charge is 0.301 e. The van der Waals surface area contributed by atoms with Gasteiger partial charge in [0.15, 0.2) is 5.13 Å². The van der Waals surface area contributed by atoms with Gasteiger partial charge in [-0.25, -0.2) is 4.98 Å². The van der Waals surface area contributed by atoms with Crippen LogP contribution in [0.3, 0.4) is 0 Å². The maximum absolute atomic E-state index is 12.3. The van der Waals surface area contributed by atoms with Crippen molar-refractivity contribution in [2.75, 3.05) is 5.32 Å². The molecule has 0 spiro atoms. The Labute approximate surface area is 150 Å². The van der Waals surface area contributed by atoms with Crippen LogP contribution >= 0.6 is 23.1 Å². The summed E-state index contributed by atoms with van der Waals surface area (Å²) >= 11 is 2.99. The van der Waals surface area contributed by atoms with Crippen molar-refractivity contribution in [3.8, 4) is 11.3 Å². The molecule has 2 aromatic carbocycles. The Bertz CT molecular complexity index is 813. The summed E-state index contributed by atoms with van der Waals surface area (Å²) < 4.78 is 0. The minimum absolute atomic E-state index is 0.0336. The first-order valence-corrected chi connectivity index (χ1v) is 9.43. The van der Waals surface area contributed by atoms with E-state index >= 15 is 0 Å². The van der Waals surface area contributed by atoms with Crippen LogP contribution in [-0.4, -0.2) is 16.1 Å².